The van der Waals surface area contributed by atoms with Gasteiger partial charge in [0, 0.05) is 43.9 Å². The standard InChI is InChI=1S/C22H22ClN5O3/c1-2-10-28-20-18(4-3-9-24-20)25-21(22(28)30)27-13-11-26(12-14-27)19(29)15-31-17-7-5-16(23)6-8-17/h2-9H,1,10-15H2. The summed E-state index contributed by atoms with van der Waals surface area (Å²) in [6.45, 7) is 6.02. The van der Waals surface area contributed by atoms with Gasteiger partial charge >= 0.3 is 0 Å². The fourth-order valence-electron chi connectivity index (χ4n) is 3.50. The molecule has 4 rings (SSSR count). The number of hydrogen-bond acceptors (Lipinski definition) is 6. The molecule has 0 N–H and O–H groups in total. The number of allylic oxidation sites excluding steroid dienone is 1. The minimum absolute atomic E-state index is 0.0479. The van der Waals surface area contributed by atoms with Crippen LogP contribution in [0.5, 0.6) is 5.75 Å². The van der Waals surface area contributed by atoms with Crippen molar-refractivity contribution in [3.8, 4) is 5.75 Å². The number of ether oxygens (including phenoxy) is 1. The zero-order valence-corrected chi connectivity index (χ0v) is 17.7. The number of nitrogens with zero attached hydrogens (tertiary/aromatic N) is 5. The highest BCUT2D eigenvalue weighted by Crippen LogP contribution is 2.17. The quantitative estimate of drug-likeness (QED) is 0.548. The van der Waals surface area contributed by atoms with E-state index in [-0.39, 0.29) is 18.1 Å². The molecule has 0 radical (unpaired) electrons. The van der Waals surface area contributed by atoms with Gasteiger partial charge < -0.3 is 14.5 Å². The first kappa shape index (κ1) is 20.9. The number of fused-ring (bicyclic) bond motifs is 1. The molecule has 0 unspecified atom stereocenters. The lowest BCUT2D eigenvalue weighted by molar-refractivity contribution is -0.133. The zero-order valence-electron chi connectivity index (χ0n) is 16.9. The maximum absolute atomic E-state index is 13.0. The van der Waals surface area contributed by atoms with E-state index in [9.17, 15) is 9.59 Å². The van der Waals surface area contributed by atoms with Crippen molar-refractivity contribution in [2.75, 3.05) is 37.7 Å². The van der Waals surface area contributed by atoms with Crippen molar-refractivity contribution in [3.05, 3.63) is 70.6 Å². The van der Waals surface area contributed by atoms with Gasteiger partial charge in [-0.2, -0.15) is 0 Å². The van der Waals surface area contributed by atoms with Crippen LogP contribution in [0.1, 0.15) is 0 Å². The Bertz CT molecular complexity index is 1150. The highest BCUT2D eigenvalue weighted by atomic mass is 35.5. The monoisotopic (exact) mass is 439 g/mol. The van der Waals surface area contributed by atoms with Gasteiger partial charge in [0.2, 0.25) is 0 Å². The maximum atomic E-state index is 13.0. The molecule has 1 saturated heterocycles. The topological polar surface area (TPSA) is 80.6 Å². The van der Waals surface area contributed by atoms with Gasteiger partial charge in [0.15, 0.2) is 18.1 Å². The van der Waals surface area contributed by atoms with Crippen molar-refractivity contribution >= 4 is 34.5 Å². The average molecular weight is 440 g/mol. The first-order valence-electron chi connectivity index (χ1n) is 9.94. The number of carbonyl (C=O) groups excluding carboxylic acids is 1. The molecular formula is C22H22ClN5O3. The van der Waals surface area contributed by atoms with Crippen LogP contribution in [0.4, 0.5) is 5.82 Å². The number of carbonyl (C=O) groups is 1. The van der Waals surface area contributed by atoms with E-state index in [4.69, 9.17) is 16.3 Å². The van der Waals surface area contributed by atoms with Crippen LogP contribution in [0.25, 0.3) is 11.2 Å². The Morgan fingerprint density at radius 1 is 1.16 bits per heavy atom. The van der Waals surface area contributed by atoms with Gasteiger partial charge in [0.1, 0.15) is 11.3 Å². The van der Waals surface area contributed by atoms with E-state index in [1.54, 1.807) is 52.1 Å². The van der Waals surface area contributed by atoms with E-state index in [1.165, 1.54) is 0 Å². The molecule has 1 aliphatic rings. The summed E-state index contributed by atoms with van der Waals surface area (Å²) < 4.78 is 7.12. The Morgan fingerprint density at radius 3 is 2.61 bits per heavy atom. The number of benzene rings is 1. The highest BCUT2D eigenvalue weighted by Gasteiger charge is 2.25. The summed E-state index contributed by atoms with van der Waals surface area (Å²) in [6.07, 6.45) is 3.30. The van der Waals surface area contributed by atoms with Crippen molar-refractivity contribution in [1.29, 1.82) is 0 Å². The number of piperazine rings is 1. The lowest BCUT2D eigenvalue weighted by Crippen LogP contribution is -2.51. The lowest BCUT2D eigenvalue weighted by Gasteiger charge is -2.35. The summed E-state index contributed by atoms with van der Waals surface area (Å²) in [7, 11) is 0. The third kappa shape index (κ3) is 4.54. The van der Waals surface area contributed by atoms with Gasteiger partial charge in [0.05, 0.1) is 0 Å². The SMILES string of the molecule is C=CCn1c(=O)c(N2CCN(C(=O)COc3ccc(Cl)cc3)CC2)nc2cccnc21. The number of rotatable bonds is 6. The molecule has 160 valence electrons. The molecule has 8 nitrogen and oxygen atoms in total. The number of halogens is 1. The fourth-order valence-corrected chi connectivity index (χ4v) is 3.63. The third-order valence-corrected chi connectivity index (χ3v) is 5.36. The Kier molecular flexibility index (Phi) is 6.18. The van der Waals surface area contributed by atoms with Gasteiger partial charge in [-0.05, 0) is 36.4 Å². The van der Waals surface area contributed by atoms with Gasteiger partial charge in [-0.25, -0.2) is 9.97 Å². The van der Waals surface area contributed by atoms with Gasteiger partial charge in [0.25, 0.3) is 11.5 Å². The van der Waals surface area contributed by atoms with E-state index < -0.39 is 0 Å². The van der Waals surface area contributed by atoms with Crippen molar-refractivity contribution in [3.63, 3.8) is 0 Å². The fraction of sp³-hybridized carbons (Fsp3) is 0.273. The van der Waals surface area contributed by atoms with Crippen LogP contribution in [0.2, 0.25) is 5.02 Å². The first-order valence-corrected chi connectivity index (χ1v) is 10.3. The predicted molar refractivity (Wildman–Crippen MR) is 120 cm³/mol. The van der Waals surface area contributed by atoms with Crippen molar-refractivity contribution in [2.24, 2.45) is 0 Å². The molecular weight excluding hydrogens is 418 g/mol. The van der Waals surface area contributed by atoms with E-state index >= 15 is 0 Å². The normalized spacial score (nSPS) is 14.0. The molecule has 0 spiro atoms. The summed E-state index contributed by atoms with van der Waals surface area (Å²) in [5.41, 5.74) is 0.968. The van der Waals surface area contributed by atoms with Crippen LogP contribution in [0.3, 0.4) is 0 Å². The number of amides is 1. The van der Waals surface area contributed by atoms with Crippen molar-refractivity contribution < 1.29 is 9.53 Å². The lowest BCUT2D eigenvalue weighted by atomic mass is 10.3. The molecule has 9 heteroatoms. The summed E-state index contributed by atoms with van der Waals surface area (Å²) in [6, 6.07) is 10.5. The molecule has 2 aromatic heterocycles. The third-order valence-electron chi connectivity index (χ3n) is 5.10. The van der Waals surface area contributed by atoms with E-state index in [0.29, 0.717) is 60.5 Å². The minimum Gasteiger partial charge on any atom is -0.484 e. The Morgan fingerprint density at radius 2 is 1.90 bits per heavy atom. The van der Waals surface area contributed by atoms with Crippen LogP contribution in [0.15, 0.2) is 60.0 Å². The molecule has 0 aliphatic carbocycles. The van der Waals surface area contributed by atoms with Gasteiger partial charge in [-0.15, -0.1) is 6.58 Å². The second-order valence-corrected chi connectivity index (χ2v) is 7.53. The minimum atomic E-state index is -0.211. The number of anilines is 1. The highest BCUT2D eigenvalue weighted by molar-refractivity contribution is 6.30. The Hall–Kier alpha value is -3.39. The van der Waals surface area contributed by atoms with Crippen LogP contribution in [-0.2, 0) is 11.3 Å². The Labute approximate surface area is 184 Å². The van der Waals surface area contributed by atoms with Gasteiger partial charge in [-0.1, -0.05) is 17.7 Å². The average Bonchev–Trinajstić information content (AvgIpc) is 2.80. The molecule has 3 aromatic rings. The van der Waals surface area contributed by atoms with Crippen LogP contribution < -0.4 is 15.2 Å². The summed E-state index contributed by atoms with van der Waals surface area (Å²) in [5, 5.41) is 0.611. The molecule has 3 heterocycles. The second kappa shape index (κ2) is 9.18. The van der Waals surface area contributed by atoms with Crippen LogP contribution in [-0.4, -0.2) is 58.1 Å². The molecule has 0 bridgehead atoms. The smallest absolute Gasteiger partial charge is 0.295 e. The van der Waals surface area contributed by atoms with E-state index in [0.717, 1.165) is 0 Å². The molecule has 1 aliphatic heterocycles. The first-order chi connectivity index (χ1) is 15.1. The zero-order chi connectivity index (χ0) is 21.8. The van der Waals surface area contributed by atoms with E-state index in [2.05, 4.69) is 16.5 Å². The molecule has 0 saturated carbocycles. The largest absolute Gasteiger partial charge is 0.484 e. The van der Waals surface area contributed by atoms with Gasteiger partial charge in [-0.3, -0.25) is 14.2 Å². The van der Waals surface area contributed by atoms with Crippen molar-refractivity contribution in [1.82, 2.24) is 19.4 Å². The molecule has 1 aromatic carbocycles. The number of hydrogen-bond donors (Lipinski definition) is 0. The number of pyridine rings is 1. The number of aromatic nitrogens is 3. The summed E-state index contributed by atoms with van der Waals surface area (Å²) >= 11 is 5.86. The maximum Gasteiger partial charge on any atom is 0.295 e. The Balaban J connectivity index is 1.43. The summed E-state index contributed by atoms with van der Waals surface area (Å²) in [5.74, 6) is 0.856. The molecule has 1 fully saturated rings. The molecule has 0 atom stereocenters. The molecule has 1 amide bonds. The summed E-state index contributed by atoms with van der Waals surface area (Å²) in [4.78, 5) is 38.0. The van der Waals surface area contributed by atoms with Crippen LogP contribution >= 0.6 is 11.6 Å². The predicted octanol–water partition coefficient (Wildman–Crippen LogP) is 2.36. The molecule has 31 heavy (non-hydrogen) atoms. The van der Waals surface area contributed by atoms with Crippen LogP contribution in [0, 0.1) is 0 Å². The van der Waals surface area contributed by atoms with Crippen molar-refractivity contribution in [2.45, 2.75) is 6.54 Å². The van der Waals surface area contributed by atoms with E-state index in [1.807, 2.05) is 11.0 Å². The second-order valence-electron chi connectivity index (χ2n) is 7.10.